The van der Waals surface area contributed by atoms with Crippen molar-refractivity contribution in [2.75, 3.05) is 19.8 Å². The number of nitrogens with zero attached hydrogens (tertiary/aromatic N) is 3. The minimum Gasteiger partial charge on any atom is -0.494 e. The van der Waals surface area contributed by atoms with Gasteiger partial charge in [0, 0.05) is 36.6 Å². The van der Waals surface area contributed by atoms with Crippen LogP contribution in [-0.2, 0) is 30.7 Å². The van der Waals surface area contributed by atoms with Crippen molar-refractivity contribution in [1.82, 2.24) is 20.1 Å². The van der Waals surface area contributed by atoms with Crippen LogP contribution in [0, 0.1) is 0 Å². The van der Waals surface area contributed by atoms with Crippen molar-refractivity contribution in [2.24, 2.45) is 0 Å². The molecule has 0 bridgehead atoms. The van der Waals surface area contributed by atoms with Gasteiger partial charge in [0.2, 0.25) is 0 Å². The van der Waals surface area contributed by atoms with Crippen LogP contribution in [0.25, 0.3) is 11.3 Å². The predicted octanol–water partition coefficient (Wildman–Crippen LogP) is 4.58. The molecule has 34 heavy (non-hydrogen) atoms. The van der Waals surface area contributed by atoms with E-state index >= 15 is 0 Å². The summed E-state index contributed by atoms with van der Waals surface area (Å²) in [6, 6.07) is 10.2. The van der Waals surface area contributed by atoms with Crippen molar-refractivity contribution in [3.05, 3.63) is 65.1 Å². The van der Waals surface area contributed by atoms with Gasteiger partial charge < -0.3 is 14.8 Å². The van der Waals surface area contributed by atoms with Crippen LogP contribution >= 0.6 is 0 Å². The Hall–Kier alpha value is -3.19. The number of benzene rings is 1. The molecular formula is C27H34N4O3. The normalized spacial score (nSPS) is 12.2. The summed E-state index contributed by atoms with van der Waals surface area (Å²) < 4.78 is 12.9. The van der Waals surface area contributed by atoms with Crippen LogP contribution in [0.1, 0.15) is 60.3 Å². The summed E-state index contributed by atoms with van der Waals surface area (Å²) >= 11 is 0. The number of rotatable bonds is 12. The number of esters is 1. The third-order valence-corrected chi connectivity index (χ3v) is 6.06. The first-order valence-corrected chi connectivity index (χ1v) is 12.3. The van der Waals surface area contributed by atoms with E-state index in [4.69, 9.17) is 14.6 Å². The summed E-state index contributed by atoms with van der Waals surface area (Å²) in [4.78, 5) is 17.0. The molecule has 0 amide bonds. The Morgan fingerprint density at radius 3 is 2.76 bits per heavy atom. The monoisotopic (exact) mass is 462 g/mol. The Labute approximate surface area is 201 Å². The van der Waals surface area contributed by atoms with Crippen LogP contribution in [0.2, 0.25) is 0 Å². The molecule has 1 aromatic carbocycles. The fraction of sp³-hybridized carbons (Fsp3) is 0.444. The van der Waals surface area contributed by atoms with E-state index in [0.717, 1.165) is 74.4 Å². The van der Waals surface area contributed by atoms with Gasteiger partial charge in [-0.15, -0.1) is 0 Å². The predicted molar refractivity (Wildman–Crippen MR) is 132 cm³/mol. The van der Waals surface area contributed by atoms with E-state index in [1.54, 1.807) is 6.20 Å². The lowest BCUT2D eigenvalue weighted by molar-refractivity contribution is 0.0510. The Morgan fingerprint density at radius 2 is 1.97 bits per heavy atom. The summed E-state index contributed by atoms with van der Waals surface area (Å²) in [6.07, 6.45) is 8.38. The molecule has 1 aliphatic rings. The number of hydrogen-bond donors (Lipinski definition) is 1. The van der Waals surface area contributed by atoms with Crippen molar-refractivity contribution in [2.45, 2.75) is 59.0 Å². The van der Waals surface area contributed by atoms with Gasteiger partial charge in [-0.2, -0.15) is 5.10 Å². The molecule has 2 aromatic heterocycles. The molecule has 2 heterocycles. The Kier molecular flexibility index (Phi) is 8.31. The van der Waals surface area contributed by atoms with E-state index in [1.807, 2.05) is 36.0 Å². The molecule has 0 saturated heterocycles. The lowest BCUT2D eigenvalue weighted by Gasteiger charge is -2.14. The zero-order valence-electron chi connectivity index (χ0n) is 20.2. The highest BCUT2D eigenvalue weighted by Crippen LogP contribution is 2.34. The molecular weight excluding hydrogens is 428 g/mol. The van der Waals surface area contributed by atoms with Crippen molar-refractivity contribution >= 4 is 5.97 Å². The molecule has 0 radical (unpaired) electrons. The van der Waals surface area contributed by atoms with Crippen molar-refractivity contribution < 1.29 is 14.3 Å². The molecule has 0 unspecified atom stereocenters. The number of fused-ring (bicyclic) bond motifs is 3. The summed E-state index contributed by atoms with van der Waals surface area (Å²) in [5, 5.41) is 8.33. The van der Waals surface area contributed by atoms with E-state index in [-0.39, 0.29) is 5.97 Å². The molecule has 4 rings (SSSR count). The number of unbranched alkanes of at least 4 members (excludes halogenated alkanes) is 1. The van der Waals surface area contributed by atoms with E-state index in [2.05, 4.69) is 29.4 Å². The number of ether oxygens (including phenoxy) is 2. The molecule has 1 aliphatic carbocycles. The third-order valence-electron chi connectivity index (χ3n) is 6.06. The number of pyridine rings is 1. The maximum Gasteiger partial charge on any atom is 0.356 e. The molecule has 7 heteroatoms. The second-order valence-electron chi connectivity index (χ2n) is 8.53. The summed E-state index contributed by atoms with van der Waals surface area (Å²) in [6.45, 7) is 7.37. The zero-order valence-corrected chi connectivity index (χ0v) is 20.2. The van der Waals surface area contributed by atoms with Crippen LogP contribution in [0.3, 0.4) is 0 Å². The quantitative estimate of drug-likeness (QED) is 0.314. The summed E-state index contributed by atoms with van der Waals surface area (Å²) in [5.41, 5.74) is 5.94. The van der Waals surface area contributed by atoms with Gasteiger partial charge in [-0.05, 0) is 68.5 Å². The van der Waals surface area contributed by atoms with Crippen molar-refractivity contribution in [1.29, 1.82) is 0 Å². The molecule has 0 aliphatic heterocycles. The number of carbonyl (C=O) groups excluding carboxylic acids is 1. The van der Waals surface area contributed by atoms with Gasteiger partial charge in [0.15, 0.2) is 0 Å². The fourth-order valence-electron chi connectivity index (χ4n) is 4.28. The van der Waals surface area contributed by atoms with E-state index in [9.17, 15) is 4.79 Å². The molecule has 0 fully saturated rings. The van der Waals surface area contributed by atoms with Gasteiger partial charge in [-0.25, -0.2) is 4.79 Å². The van der Waals surface area contributed by atoms with E-state index < -0.39 is 0 Å². The van der Waals surface area contributed by atoms with E-state index in [1.165, 1.54) is 11.1 Å². The van der Waals surface area contributed by atoms with Crippen LogP contribution in [0.15, 0.2) is 42.7 Å². The largest absolute Gasteiger partial charge is 0.494 e. The number of aromatic nitrogens is 3. The second kappa shape index (κ2) is 11.8. The van der Waals surface area contributed by atoms with Gasteiger partial charge >= 0.3 is 5.97 Å². The standard InChI is InChI=1S/C27H34N4O3/c1-3-5-17-34-22-10-7-20(8-11-22)18-28-14-6-16-31-26(27(32)33-4-2)24-12-9-21-19-29-15-13-23(21)25(24)30-31/h7-8,10-11,13,15,19,28H,3-6,9,12,14,16-18H2,1-2H3. The Balaban J connectivity index is 1.35. The minimum atomic E-state index is -0.289. The highest BCUT2D eigenvalue weighted by Gasteiger charge is 2.28. The van der Waals surface area contributed by atoms with Crippen LogP contribution in [0.5, 0.6) is 5.75 Å². The fourth-order valence-corrected chi connectivity index (χ4v) is 4.28. The topological polar surface area (TPSA) is 78.3 Å². The van der Waals surface area contributed by atoms with Gasteiger partial charge in [0.25, 0.3) is 0 Å². The molecule has 0 atom stereocenters. The van der Waals surface area contributed by atoms with Crippen LogP contribution in [-0.4, -0.2) is 40.5 Å². The highest BCUT2D eigenvalue weighted by atomic mass is 16.5. The SMILES string of the molecule is CCCCOc1ccc(CNCCCn2nc3c(c2C(=O)OCC)CCc2cnccc2-3)cc1. The first-order chi connectivity index (χ1) is 16.7. The van der Waals surface area contributed by atoms with Crippen molar-refractivity contribution in [3.63, 3.8) is 0 Å². The van der Waals surface area contributed by atoms with E-state index in [0.29, 0.717) is 18.8 Å². The van der Waals surface area contributed by atoms with Gasteiger partial charge in [0.05, 0.1) is 18.9 Å². The average Bonchev–Trinajstić information content (AvgIpc) is 3.24. The Morgan fingerprint density at radius 1 is 1.12 bits per heavy atom. The zero-order chi connectivity index (χ0) is 23.8. The molecule has 7 nitrogen and oxygen atoms in total. The van der Waals surface area contributed by atoms with Crippen molar-refractivity contribution in [3.8, 4) is 17.0 Å². The van der Waals surface area contributed by atoms with Gasteiger partial charge in [0.1, 0.15) is 11.4 Å². The van der Waals surface area contributed by atoms with Crippen LogP contribution < -0.4 is 10.1 Å². The van der Waals surface area contributed by atoms with Gasteiger partial charge in [-0.1, -0.05) is 25.5 Å². The minimum absolute atomic E-state index is 0.289. The third kappa shape index (κ3) is 5.65. The maximum absolute atomic E-state index is 12.8. The lowest BCUT2D eigenvalue weighted by atomic mass is 9.90. The maximum atomic E-state index is 12.8. The number of nitrogens with one attached hydrogen (secondary N) is 1. The molecule has 1 N–H and O–H groups in total. The average molecular weight is 463 g/mol. The second-order valence-corrected chi connectivity index (χ2v) is 8.53. The summed E-state index contributed by atoms with van der Waals surface area (Å²) in [5.74, 6) is 0.631. The summed E-state index contributed by atoms with van der Waals surface area (Å²) in [7, 11) is 0. The number of aryl methyl sites for hydroxylation is 2. The first-order valence-electron chi connectivity index (χ1n) is 12.3. The molecule has 0 spiro atoms. The molecule has 180 valence electrons. The number of carbonyl (C=O) groups is 1. The smallest absolute Gasteiger partial charge is 0.356 e. The molecule has 3 aromatic rings. The lowest BCUT2D eigenvalue weighted by Crippen LogP contribution is -2.19. The first kappa shape index (κ1) is 24.0. The number of hydrogen-bond acceptors (Lipinski definition) is 6. The highest BCUT2D eigenvalue weighted by molar-refractivity contribution is 5.92. The van der Waals surface area contributed by atoms with Gasteiger partial charge in [-0.3, -0.25) is 9.67 Å². The Bertz CT molecular complexity index is 1090. The van der Waals surface area contributed by atoms with Crippen LogP contribution in [0.4, 0.5) is 0 Å². The molecule has 0 saturated carbocycles.